The van der Waals surface area contributed by atoms with Gasteiger partial charge in [0.1, 0.15) is 11.3 Å². The highest BCUT2D eigenvalue weighted by atomic mass is 16.5. The molecule has 1 aliphatic carbocycles. The van der Waals surface area contributed by atoms with Gasteiger partial charge >= 0.3 is 0 Å². The SMILES string of the molecule is CC(C#N)(CCOc1ccccc1CCO)NC1CC1. The molecule has 2 rings (SSSR count). The molecule has 0 aromatic heterocycles. The zero-order valence-corrected chi connectivity index (χ0v) is 11.9. The molecule has 1 saturated carbocycles. The summed E-state index contributed by atoms with van der Waals surface area (Å²) in [5.74, 6) is 0.799. The minimum Gasteiger partial charge on any atom is -0.493 e. The fourth-order valence-electron chi connectivity index (χ4n) is 2.18. The molecule has 20 heavy (non-hydrogen) atoms. The van der Waals surface area contributed by atoms with E-state index in [1.807, 2.05) is 31.2 Å². The molecule has 0 radical (unpaired) electrons. The maximum Gasteiger partial charge on any atom is 0.122 e. The van der Waals surface area contributed by atoms with Crippen molar-refractivity contribution in [3.63, 3.8) is 0 Å². The van der Waals surface area contributed by atoms with Gasteiger partial charge in [0.05, 0.1) is 12.7 Å². The zero-order valence-electron chi connectivity index (χ0n) is 11.9. The summed E-state index contributed by atoms with van der Waals surface area (Å²) >= 11 is 0. The third kappa shape index (κ3) is 4.22. The Morgan fingerprint density at radius 1 is 1.45 bits per heavy atom. The van der Waals surface area contributed by atoms with E-state index in [1.165, 1.54) is 0 Å². The molecular formula is C16H22N2O2. The van der Waals surface area contributed by atoms with Gasteiger partial charge in [-0.2, -0.15) is 5.26 Å². The van der Waals surface area contributed by atoms with E-state index in [4.69, 9.17) is 9.84 Å². The van der Waals surface area contributed by atoms with Gasteiger partial charge in [0, 0.05) is 19.1 Å². The molecule has 0 saturated heterocycles. The summed E-state index contributed by atoms with van der Waals surface area (Å²) in [6, 6.07) is 10.6. The Morgan fingerprint density at radius 3 is 2.85 bits per heavy atom. The number of nitriles is 1. The maximum absolute atomic E-state index is 9.30. The van der Waals surface area contributed by atoms with E-state index in [0.29, 0.717) is 25.5 Å². The molecule has 0 aliphatic heterocycles. The summed E-state index contributed by atoms with van der Waals surface area (Å²) in [6.45, 7) is 2.53. The normalized spacial score (nSPS) is 17.2. The minimum atomic E-state index is -0.521. The number of nitrogens with one attached hydrogen (secondary N) is 1. The topological polar surface area (TPSA) is 65.3 Å². The van der Waals surface area contributed by atoms with Crippen molar-refractivity contribution < 1.29 is 9.84 Å². The van der Waals surface area contributed by atoms with Crippen LogP contribution in [0.1, 0.15) is 31.7 Å². The lowest BCUT2D eigenvalue weighted by Gasteiger charge is -2.23. The maximum atomic E-state index is 9.30. The lowest BCUT2D eigenvalue weighted by atomic mass is 10.0. The van der Waals surface area contributed by atoms with Crippen molar-refractivity contribution in [3.05, 3.63) is 29.8 Å². The molecule has 4 heteroatoms. The Balaban J connectivity index is 1.87. The lowest BCUT2D eigenvalue weighted by molar-refractivity contribution is 0.259. The van der Waals surface area contributed by atoms with Gasteiger partial charge in [0.15, 0.2) is 0 Å². The Kier molecular flexibility index (Phi) is 4.99. The lowest BCUT2D eigenvalue weighted by Crippen LogP contribution is -2.43. The number of aliphatic hydroxyl groups excluding tert-OH is 1. The van der Waals surface area contributed by atoms with Crippen molar-refractivity contribution in [1.29, 1.82) is 5.26 Å². The van der Waals surface area contributed by atoms with Crippen LogP contribution in [0.25, 0.3) is 0 Å². The van der Waals surface area contributed by atoms with E-state index in [0.717, 1.165) is 24.2 Å². The Bertz CT molecular complexity index is 480. The average molecular weight is 274 g/mol. The Morgan fingerprint density at radius 2 is 2.20 bits per heavy atom. The molecule has 1 unspecified atom stereocenters. The second-order valence-electron chi connectivity index (χ2n) is 5.54. The molecule has 1 atom stereocenters. The van der Waals surface area contributed by atoms with Gasteiger partial charge in [-0.15, -0.1) is 0 Å². The van der Waals surface area contributed by atoms with Crippen molar-refractivity contribution in [2.45, 2.75) is 44.2 Å². The molecule has 0 amide bonds. The van der Waals surface area contributed by atoms with Crippen LogP contribution >= 0.6 is 0 Å². The molecule has 1 aromatic carbocycles. The first-order valence-corrected chi connectivity index (χ1v) is 7.17. The fraction of sp³-hybridized carbons (Fsp3) is 0.562. The van der Waals surface area contributed by atoms with Gasteiger partial charge in [0.2, 0.25) is 0 Å². The monoisotopic (exact) mass is 274 g/mol. The quantitative estimate of drug-likeness (QED) is 0.761. The fourth-order valence-corrected chi connectivity index (χ4v) is 2.18. The van der Waals surface area contributed by atoms with Gasteiger partial charge in [-0.3, -0.25) is 5.32 Å². The van der Waals surface area contributed by atoms with E-state index in [-0.39, 0.29) is 6.61 Å². The average Bonchev–Trinajstić information content (AvgIpc) is 3.25. The molecule has 1 aromatic rings. The highest BCUT2D eigenvalue weighted by Gasteiger charge is 2.32. The summed E-state index contributed by atoms with van der Waals surface area (Å²) in [5.41, 5.74) is 0.483. The number of hydrogen-bond donors (Lipinski definition) is 2. The number of hydrogen-bond acceptors (Lipinski definition) is 4. The predicted molar refractivity (Wildman–Crippen MR) is 77.5 cm³/mol. The largest absolute Gasteiger partial charge is 0.493 e. The van der Waals surface area contributed by atoms with Gasteiger partial charge in [0.25, 0.3) is 0 Å². The van der Waals surface area contributed by atoms with Crippen LogP contribution in [0.3, 0.4) is 0 Å². The molecular weight excluding hydrogens is 252 g/mol. The first-order chi connectivity index (χ1) is 9.67. The van der Waals surface area contributed by atoms with Gasteiger partial charge in [-0.25, -0.2) is 0 Å². The van der Waals surface area contributed by atoms with Crippen LogP contribution in [-0.4, -0.2) is 29.9 Å². The van der Waals surface area contributed by atoms with Gasteiger partial charge in [-0.05, 0) is 37.8 Å². The van der Waals surface area contributed by atoms with E-state index in [1.54, 1.807) is 0 Å². The number of aliphatic hydroxyl groups is 1. The molecule has 4 nitrogen and oxygen atoms in total. The number of rotatable bonds is 8. The molecule has 2 N–H and O–H groups in total. The van der Waals surface area contributed by atoms with Gasteiger partial charge in [-0.1, -0.05) is 18.2 Å². The number of benzene rings is 1. The summed E-state index contributed by atoms with van der Waals surface area (Å²) in [6.07, 6.45) is 3.56. The first kappa shape index (κ1) is 14.8. The number of ether oxygens (including phenoxy) is 1. The predicted octanol–water partition coefficient (Wildman–Crippen LogP) is 2.02. The summed E-state index contributed by atoms with van der Waals surface area (Å²) in [5, 5.41) is 21.7. The van der Waals surface area contributed by atoms with Crippen LogP contribution in [0.2, 0.25) is 0 Å². The van der Waals surface area contributed by atoms with Crippen molar-refractivity contribution in [2.75, 3.05) is 13.2 Å². The second-order valence-corrected chi connectivity index (χ2v) is 5.54. The molecule has 1 aliphatic rings. The summed E-state index contributed by atoms with van der Waals surface area (Å²) in [7, 11) is 0. The van der Waals surface area contributed by atoms with E-state index in [2.05, 4.69) is 11.4 Å². The van der Waals surface area contributed by atoms with Crippen molar-refractivity contribution in [2.24, 2.45) is 0 Å². The first-order valence-electron chi connectivity index (χ1n) is 7.17. The van der Waals surface area contributed by atoms with Crippen LogP contribution in [0, 0.1) is 11.3 Å². The van der Waals surface area contributed by atoms with E-state index < -0.39 is 5.54 Å². The van der Waals surface area contributed by atoms with Crippen LogP contribution < -0.4 is 10.1 Å². The Hall–Kier alpha value is -1.57. The molecule has 0 heterocycles. The summed E-state index contributed by atoms with van der Waals surface area (Å²) < 4.78 is 5.79. The minimum absolute atomic E-state index is 0.111. The van der Waals surface area contributed by atoms with Crippen LogP contribution in [0.15, 0.2) is 24.3 Å². The molecule has 1 fully saturated rings. The number of nitrogens with zero attached hydrogens (tertiary/aromatic N) is 1. The molecule has 0 spiro atoms. The zero-order chi connectivity index (χ0) is 14.4. The van der Waals surface area contributed by atoms with Crippen LogP contribution in [0.4, 0.5) is 0 Å². The smallest absolute Gasteiger partial charge is 0.122 e. The molecule has 108 valence electrons. The second kappa shape index (κ2) is 6.74. The number of para-hydroxylation sites is 1. The van der Waals surface area contributed by atoms with Crippen molar-refractivity contribution in [1.82, 2.24) is 5.32 Å². The summed E-state index contributed by atoms with van der Waals surface area (Å²) in [4.78, 5) is 0. The standard InChI is InChI=1S/C16H22N2O2/c1-16(12-17,18-14-6-7-14)9-11-20-15-5-3-2-4-13(15)8-10-19/h2-5,14,18-19H,6-11H2,1H3. The van der Waals surface area contributed by atoms with Gasteiger partial charge < -0.3 is 9.84 Å². The van der Waals surface area contributed by atoms with Crippen molar-refractivity contribution in [3.8, 4) is 11.8 Å². The van der Waals surface area contributed by atoms with E-state index in [9.17, 15) is 5.26 Å². The van der Waals surface area contributed by atoms with Crippen LogP contribution in [0.5, 0.6) is 5.75 Å². The van der Waals surface area contributed by atoms with E-state index >= 15 is 0 Å². The highest BCUT2D eigenvalue weighted by Crippen LogP contribution is 2.24. The Labute approximate surface area is 120 Å². The molecule has 0 bridgehead atoms. The van der Waals surface area contributed by atoms with Crippen molar-refractivity contribution >= 4 is 0 Å². The third-order valence-electron chi connectivity index (χ3n) is 3.56. The van der Waals surface area contributed by atoms with Crippen LogP contribution in [-0.2, 0) is 6.42 Å². The third-order valence-corrected chi connectivity index (χ3v) is 3.56. The highest BCUT2D eigenvalue weighted by molar-refractivity contribution is 5.33.